The van der Waals surface area contributed by atoms with Gasteiger partial charge in [0, 0.05) is 10.8 Å². The van der Waals surface area contributed by atoms with Crippen LogP contribution in [0.1, 0.15) is 40.8 Å². The van der Waals surface area contributed by atoms with E-state index in [1.165, 1.54) is 34.5 Å². The lowest BCUT2D eigenvalue weighted by Gasteiger charge is -2.18. The molecule has 134 valence electrons. The normalized spacial score (nSPS) is 12.1. The number of nitrogens with one attached hydrogen (secondary N) is 1. The van der Waals surface area contributed by atoms with Crippen LogP contribution in [0.5, 0.6) is 0 Å². The molecule has 0 bridgehead atoms. The fourth-order valence-electron chi connectivity index (χ4n) is 2.70. The predicted octanol–water partition coefficient (Wildman–Crippen LogP) is 5.51. The van der Waals surface area contributed by atoms with Crippen LogP contribution < -0.4 is 5.32 Å². The fourth-order valence-corrected chi connectivity index (χ4v) is 3.69. The lowest BCUT2D eigenvalue weighted by atomic mass is 9.96. The summed E-state index contributed by atoms with van der Waals surface area (Å²) < 4.78 is 13.7. The highest BCUT2D eigenvalue weighted by molar-refractivity contribution is 7.99. The van der Waals surface area contributed by atoms with E-state index in [0.29, 0.717) is 16.3 Å². The van der Waals surface area contributed by atoms with Crippen molar-refractivity contribution in [3.05, 3.63) is 69.0 Å². The standard InChI is InChI=1S/C20H23ClFNOS/c1-12-7-14(3)18(8-13(12)2)15(4)23-20(24)11-25-10-16-5-6-17(21)9-19(16)22/h5-9,15H,10-11H2,1-4H3,(H,23,24)/t15-/m1/s1. The van der Waals surface area contributed by atoms with Gasteiger partial charge in [0.2, 0.25) is 5.91 Å². The third-order valence-corrected chi connectivity index (χ3v) is 5.45. The van der Waals surface area contributed by atoms with Crippen LogP contribution in [0.25, 0.3) is 0 Å². The van der Waals surface area contributed by atoms with Crippen LogP contribution in [0.4, 0.5) is 4.39 Å². The summed E-state index contributed by atoms with van der Waals surface area (Å²) in [6.45, 7) is 8.20. The van der Waals surface area contributed by atoms with Crippen LogP contribution in [0.15, 0.2) is 30.3 Å². The van der Waals surface area contributed by atoms with E-state index in [1.54, 1.807) is 12.1 Å². The van der Waals surface area contributed by atoms with Crippen molar-refractivity contribution in [2.45, 2.75) is 39.5 Å². The van der Waals surface area contributed by atoms with Crippen molar-refractivity contribution in [3.63, 3.8) is 0 Å². The summed E-state index contributed by atoms with van der Waals surface area (Å²) in [6, 6.07) is 8.83. The highest BCUT2D eigenvalue weighted by Gasteiger charge is 2.13. The fraction of sp³-hybridized carbons (Fsp3) is 0.350. The van der Waals surface area contributed by atoms with Gasteiger partial charge in [-0.2, -0.15) is 0 Å². The van der Waals surface area contributed by atoms with Gasteiger partial charge >= 0.3 is 0 Å². The first kappa shape index (κ1) is 19.8. The van der Waals surface area contributed by atoms with Crippen molar-refractivity contribution >= 4 is 29.3 Å². The molecule has 2 rings (SSSR count). The van der Waals surface area contributed by atoms with Gasteiger partial charge in [-0.3, -0.25) is 4.79 Å². The van der Waals surface area contributed by atoms with Gasteiger partial charge in [-0.05, 0) is 67.6 Å². The van der Waals surface area contributed by atoms with E-state index in [0.717, 1.165) is 5.56 Å². The molecule has 5 heteroatoms. The molecule has 2 aromatic carbocycles. The summed E-state index contributed by atoms with van der Waals surface area (Å²) in [6.07, 6.45) is 0. The Balaban J connectivity index is 1.88. The summed E-state index contributed by atoms with van der Waals surface area (Å²) in [4.78, 5) is 12.2. The Morgan fingerprint density at radius 1 is 1.16 bits per heavy atom. The van der Waals surface area contributed by atoms with Crippen molar-refractivity contribution in [1.82, 2.24) is 5.32 Å². The zero-order valence-corrected chi connectivity index (χ0v) is 16.5. The molecule has 2 nitrogen and oxygen atoms in total. The van der Waals surface area contributed by atoms with Crippen molar-refractivity contribution < 1.29 is 9.18 Å². The zero-order valence-electron chi connectivity index (χ0n) is 15.0. The Morgan fingerprint density at radius 2 is 1.84 bits per heavy atom. The monoisotopic (exact) mass is 379 g/mol. The molecule has 0 aliphatic rings. The van der Waals surface area contributed by atoms with Gasteiger partial charge in [-0.1, -0.05) is 29.8 Å². The molecule has 0 saturated heterocycles. The number of rotatable bonds is 6. The molecule has 1 N–H and O–H groups in total. The molecule has 2 aromatic rings. The molecule has 25 heavy (non-hydrogen) atoms. The lowest BCUT2D eigenvalue weighted by Crippen LogP contribution is -2.28. The number of amides is 1. The van der Waals surface area contributed by atoms with Crippen LogP contribution in [-0.2, 0) is 10.5 Å². The van der Waals surface area contributed by atoms with E-state index in [-0.39, 0.29) is 23.5 Å². The topological polar surface area (TPSA) is 29.1 Å². The van der Waals surface area contributed by atoms with Gasteiger partial charge in [-0.25, -0.2) is 4.39 Å². The molecular formula is C20H23ClFNOS. The quantitative estimate of drug-likeness (QED) is 0.716. The number of carbonyl (C=O) groups excluding carboxylic acids is 1. The SMILES string of the molecule is Cc1cc(C)c([C@@H](C)NC(=O)CSCc2ccc(Cl)cc2F)cc1C. The number of carbonyl (C=O) groups is 1. The first-order valence-corrected chi connectivity index (χ1v) is 9.70. The Bertz CT molecular complexity index is 779. The molecule has 0 spiro atoms. The van der Waals surface area contributed by atoms with E-state index >= 15 is 0 Å². The number of benzene rings is 2. The van der Waals surface area contributed by atoms with E-state index in [4.69, 9.17) is 11.6 Å². The maximum atomic E-state index is 13.7. The van der Waals surface area contributed by atoms with Crippen LogP contribution >= 0.6 is 23.4 Å². The van der Waals surface area contributed by atoms with E-state index < -0.39 is 0 Å². The van der Waals surface area contributed by atoms with E-state index in [1.807, 2.05) is 6.92 Å². The minimum atomic E-state index is -0.334. The van der Waals surface area contributed by atoms with Crippen molar-refractivity contribution in [3.8, 4) is 0 Å². The molecular weight excluding hydrogens is 357 g/mol. The molecule has 1 amide bonds. The molecule has 1 atom stereocenters. The average Bonchev–Trinajstić information content (AvgIpc) is 2.52. The number of halogens is 2. The Labute approximate surface area is 158 Å². The Morgan fingerprint density at radius 3 is 2.52 bits per heavy atom. The number of thioether (sulfide) groups is 1. The molecule has 0 fully saturated rings. The number of hydrogen-bond acceptors (Lipinski definition) is 2. The van der Waals surface area contributed by atoms with E-state index in [9.17, 15) is 9.18 Å². The molecule has 0 radical (unpaired) electrons. The van der Waals surface area contributed by atoms with Gasteiger partial charge in [0.05, 0.1) is 11.8 Å². The minimum absolute atomic E-state index is 0.0514. The molecule has 0 aliphatic heterocycles. The minimum Gasteiger partial charge on any atom is -0.349 e. The highest BCUT2D eigenvalue weighted by Crippen LogP contribution is 2.22. The maximum Gasteiger partial charge on any atom is 0.230 e. The van der Waals surface area contributed by atoms with Crippen LogP contribution in [0.2, 0.25) is 5.02 Å². The summed E-state index contributed by atoms with van der Waals surface area (Å²) in [7, 11) is 0. The Hall–Kier alpha value is -1.52. The summed E-state index contributed by atoms with van der Waals surface area (Å²) in [5, 5.41) is 3.40. The van der Waals surface area contributed by atoms with Crippen molar-refractivity contribution in [2.75, 3.05) is 5.75 Å². The second-order valence-corrected chi connectivity index (χ2v) is 7.73. The maximum absolute atomic E-state index is 13.7. The summed E-state index contributed by atoms with van der Waals surface area (Å²) >= 11 is 7.13. The summed E-state index contributed by atoms with van der Waals surface area (Å²) in [5.74, 6) is 0.341. The second-order valence-electron chi connectivity index (χ2n) is 6.31. The third kappa shape index (κ3) is 5.48. The van der Waals surface area contributed by atoms with Crippen LogP contribution in [-0.4, -0.2) is 11.7 Å². The van der Waals surface area contributed by atoms with Gasteiger partial charge in [0.1, 0.15) is 5.82 Å². The van der Waals surface area contributed by atoms with Gasteiger partial charge < -0.3 is 5.32 Å². The zero-order chi connectivity index (χ0) is 18.6. The lowest BCUT2D eigenvalue weighted by molar-refractivity contribution is -0.119. The van der Waals surface area contributed by atoms with Gasteiger partial charge in [0.25, 0.3) is 0 Å². The summed E-state index contributed by atoms with van der Waals surface area (Å²) in [5.41, 5.74) is 5.33. The van der Waals surface area contributed by atoms with Crippen molar-refractivity contribution in [2.24, 2.45) is 0 Å². The first-order valence-electron chi connectivity index (χ1n) is 8.16. The third-order valence-electron chi connectivity index (χ3n) is 4.23. The van der Waals surface area contributed by atoms with Gasteiger partial charge in [0.15, 0.2) is 0 Å². The van der Waals surface area contributed by atoms with Crippen molar-refractivity contribution in [1.29, 1.82) is 0 Å². The average molecular weight is 380 g/mol. The smallest absolute Gasteiger partial charge is 0.230 e. The molecule has 0 heterocycles. The number of hydrogen-bond donors (Lipinski definition) is 1. The number of aryl methyl sites for hydroxylation is 3. The molecule has 0 unspecified atom stereocenters. The second kappa shape index (κ2) is 8.72. The highest BCUT2D eigenvalue weighted by atomic mass is 35.5. The Kier molecular flexibility index (Phi) is 6.91. The molecule has 0 saturated carbocycles. The van der Waals surface area contributed by atoms with E-state index in [2.05, 4.69) is 38.2 Å². The molecule has 0 aliphatic carbocycles. The van der Waals surface area contributed by atoms with Crippen LogP contribution in [0.3, 0.4) is 0 Å². The predicted molar refractivity (Wildman–Crippen MR) is 105 cm³/mol. The van der Waals surface area contributed by atoms with Crippen LogP contribution in [0, 0.1) is 26.6 Å². The van der Waals surface area contributed by atoms with Gasteiger partial charge in [-0.15, -0.1) is 11.8 Å². The molecule has 0 aromatic heterocycles. The first-order chi connectivity index (χ1) is 11.8. The largest absolute Gasteiger partial charge is 0.349 e.